The molecular formula is C9H14N2O3S. The van der Waals surface area contributed by atoms with Crippen molar-refractivity contribution in [3.8, 4) is 0 Å². The van der Waals surface area contributed by atoms with E-state index < -0.39 is 0 Å². The number of thioether (sulfide) groups is 1. The predicted molar refractivity (Wildman–Crippen MR) is 58.2 cm³/mol. The Morgan fingerprint density at radius 2 is 2.53 bits per heavy atom. The molecule has 1 aliphatic heterocycles. The SMILES string of the molecule is COCCNC(=O)CN1C=CSCC1=O. The number of nitrogens with zero attached hydrogens (tertiary/aromatic N) is 1. The number of hydrogen-bond acceptors (Lipinski definition) is 4. The molecule has 0 bridgehead atoms. The van der Waals surface area contributed by atoms with E-state index in [1.165, 1.54) is 16.7 Å². The number of carbonyl (C=O) groups is 2. The summed E-state index contributed by atoms with van der Waals surface area (Å²) in [7, 11) is 1.57. The van der Waals surface area contributed by atoms with Gasteiger partial charge in [-0.1, -0.05) is 0 Å². The lowest BCUT2D eigenvalue weighted by Gasteiger charge is -2.20. The molecule has 1 heterocycles. The van der Waals surface area contributed by atoms with Crippen molar-refractivity contribution in [3.63, 3.8) is 0 Å². The van der Waals surface area contributed by atoms with Gasteiger partial charge in [0.1, 0.15) is 6.54 Å². The van der Waals surface area contributed by atoms with E-state index >= 15 is 0 Å². The molecule has 0 atom stereocenters. The molecule has 0 aromatic rings. The minimum absolute atomic E-state index is 0.0376. The molecule has 1 rings (SSSR count). The molecule has 2 amide bonds. The Bertz CT molecular complexity index is 268. The van der Waals surface area contributed by atoms with E-state index in [1.54, 1.807) is 13.3 Å². The van der Waals surface area contributed by atoms with Gasteiger partial charge in [-0.15, -0.1) is 11.8 Å². The molecule has 84 valence electrons. The van der Waals surface area contributed by atoms with Crippen molar-refractivity contribution in [2.24, 2.45) is 0 Å². The van der Waals surface area contributed by atoms with Gasteiger partial charge in [0.05, 0.1) is 12.4 Å². The first-order chi connectivity index (χ1) is 7.24. The van der Waals surface area contributed by atoms with E-state index in [2.05, 4.69) is 5.32 Å². The Labute approximate surface area is 92.8 Å². The molecule has 0 fully saturated rings. The van der Waals surface area contributed by atoms with Crippen LogP contribution in [0.3, 0.4) is 0 Å². The van der Waals surface area contributed by atoms with Crippen molar-refractivity contribution in [1.82, 2.24) is 10.2 Å². The van der Waals surface area contributed by atoms with Crippen LogP contribution in [0.15, 0.2) is 11.6 Å². The molecule has 5 nitrogen and oxygen atoms in total. The molecule has 0 unspecified atom stereocenters. The van der Waals surface area contributed by atoms with Crippen molar-refractivity contribution in [3.05, 3.63) is 11.6 Å². The number of rotatable bonds is 5. The summed E-state index contributed by atoms with van der Waals surface area (Å²) in [4.78, 5) is 24.1. The third-order valence-electron chi connectivity index (χ3n) is 1.81. The van der Waals surface area contributed by atoms with Crippen LogP contribution in [-0.2, 0) is 14.3 Å². The number of nitrogens with one attached hydrogen (secondary N) is 1. The van der Waals surface area contributed by atoms with E-state index in [0.717, 1.165) is 0 Å². The highest BCUT2D eigenvalue weighted by atomic mass is 32.2. The lowest BCUT2D eigenvalue weighted by molar-refractivity contribution is -0.131. The number of amides is 2. The lowest BCUT2D eigenvalue weighted by atomic mass is 10.4. The first-order valence-electron chi connectivity index (χ1n) is 4.57. The summed E-state index contributed by atoms with van der Waals surface area (Å²) < 4.78 is 4.79. The molecule has 0 aromatic heterocycles. The Morgan fingerprint density at radius 1 is 1.73 bits per heavy atom. The first-order valence-corrected chi connectivity index (χ1v) is 5.62. The van der Waals surface area contributed by atoms with E-state index in [9.17, 15) is 9.59 Å². The number of carbonyl (C=O) groups excluding carboxylic acids is 2. The van der Waals surface area contributed by atoms with E-state index in [1.807, 2.05) is 5.41 Å². The fourth-order valence-corrected chi connectivity index (χ4v) is 1.68. The molecule has 0 aliphatic carbocycles. The minimum atomic E-state index is -0.169. The summed E-state index contributed by atoms with van der Waals surface area (Å²) >= 11 is 1.43. The third kappa shape index (κ3) is 4.35. The van der Waals surface area contributed by atoms with Gasteiger partial charge in [-0.2, -0.15) is 0 Å². The topological polar surface area (TPSA) is 58.6 Å². The van der Waals surface area contributed by atoms with Gasteiger partial charge in [0.25, 0.3) is 0 Å². The Hall–Kier alpha value is -1.01. The maximum Gasteiger partial charge on any atom is 0.240 e. The van der Waals surface area contributed by atoms with E-state index in [0.29, 0.717) is 18.9 Å². The second kappa shape index (κ2) is 6.47. The molecule has 0 aromatic carbocycles. The van der Waals surface area contributed by atoms with Gasteiger partial charge in [0.2, 0.25) is 11.8 Å². The highest BCUT2D eigenvalue weighted by Gasteiger charge is 2.16. The minimum Gasteiger partial charge on any atom is -0.383 e. The van der Waals surface area contributed by atoms with Crippen LogP contribution in [0, 0.1) is 0 Å². The van der Waals surface area contributed by atoms with E-state index in [-0.39, 0.29) is 18.4 Å². The zero-order chi connectivity index (χ0) is 11.1. The van der Waals surface area contributed by atoms with Crippen molar-refractivity contribution < 1.29 is 14.3 Å². The highest BCUT2D eigenvalue weighted by Crippen LogP contribution is 2.11. The average molecular weight is 230 g/mol. The van der Waals surface area contributed by atoms with Gasteiger partial charge in [-0.05, 0) is 5.41 Å². The van der Waals surface area contributed by atoms with Crippen LogP contribution in [0.5, 0.6) is 0 Å². The fourth-order valence-electron chi connectivity index (χ4n) is 1.05. The molecule has 1 N–H and O–H groups in total. The molecule has 0 spiro atoms. The summed E-state index contributed by atoms with van der Waals surface area (Å²) in [6.45, 7) is 1.03. The van der Waals surface area contributed by atoms with Crippen LogP contribution in [0.2, 0.25) is 0 Å². The Balaban J connectivity index is 2.27. The van der Waals surface area contributed by atoms with Crippen LogP contribution < -0.4 is 5.32 Å². The van der Waals surface area contributed by atoms with Crippen LogP contribution in [0.4, 0.5) is 0 Å². The molecule has 6 heteroatoms. The number of ether oxygens (including phenoxy) is 1. The molecule has 1 aliphatic rings. The monoisotopic (exact) mass is 230 g/mol. The molecule has 0 radical (unpaired) electrons. The predicted octanol–water partition coefficient (Wildman–Crippen LogP) is -0.204. The summed E-state index contributed by atoms with van der Waals surface area (Å²) in [5.74, 6) is 0.198. The first kappa shape index (κ1) is 12.1. The second-order valence-corrected chi connectivity index (χ2v) is 3.85. The average Bonchev–Trinajstić information content (AvgIpc) is 2.22. The number of methoxy groups -OCH3 is 1. The van der Waals surface area contributed by atoms with Crippen LogP contribution in [0.25, 0.3) is 0 Å². The van der Waals surface area contributed by atoms with Crippen LogP contribution in [-0.4, -0.2) is 49.3 Å². The molecule has 0 saturated carbocycles. The highest BCUT2D eigenvalue weighted by molar-refractivity contribution is 8.02. The smallest absolute Gasteiger partial charge is 0.240 e. The maximum absolute atomic E-state index is 11.3. The zero-order valence-electron chi connectivity index (χ0n) is 8.56. The van der Waals surface area contributed by atoms with Gasteiger partial charge < -0.3 is 15.0 Å². The van der Waals surface area contributed by atoms with Crippen molar-refractivity contribution >= 4 is 23.6 Å². The Kier molecular flexibility index (Phi) is 5.20. The third-order valence-corrected chi connectivity index (χ3v) is 2.53. The van der Waals surface area contributed by atoms with Crippen LogP contribution in [0.1, 0.15) is 0 Å². The van der Waals surface area contributed by atoms with E-state index in [4.69, 9.17) is 4.74 Å². The van der Waals surface area contributed by atoms with Crippen molar-refractivity contribution in [2.75, 3.05) is 32.6 Å². The maximum atomic E-state index is 11.3. The molecule has 15 heavy (non-hydrogen) atoms. The summed E-state index contributed by atoms with van der Waals surface area (Å²) in [6.07, 6.45) is 1.63. The lowest BCUT2D eigenvalue weighted by Crippen LogP contribution is -2.40. The summed E-state index contributed by atoms with van der Waals surface area (Å²) in [6, 6.07) is 0. The van der Waals surface area contributed by atoms with Gasteiger partial charge in [0, 0.05) is 19.9 Å². The van der Waals surface area contributed by atoms with Gasteiger partial charge in [-0.25, -0.2) is 0 Å². The summed E-state index contributed by atoms with van der Waals surface area (Å²) in [5, 5.41) is 4.46. The second-order valence-electron chi connectivity index (χ2n) is 2.96. The normalized spacial score (nSPS) is 15.5. The van der Waals surface area contributed by atoms with Gasteiger partial charge in [0.15, 0.2) is 0 Å². The molecule has 0 saturated heterocycles. The number of hydrogen-bond donors (Lipinski definition) is 1. The quantitative estimate of drug-likeness (QED) is 0.664. The van der Waals surface area contributed by atoms with Crippen molar-refractivity contribution in [1.29, 1.82) is 0 Å². The zero-order valence-corrected chi connectivity index (χ0v) is 9.38. The standard InChI is InChI=1S/C9H14N2O3S/c1-14-4-2-10-8(12)6-11-3-5-15-7-9(11)13/h3,5H,2,4,6-7H2,1H3,(H,10,12). The summed E-state index contributed by atoms with van der Waals surface area (Å²) in [5.41, 5.74) is 0. The van der Waals surface area contributed by atoms with Crippen LogP contribution >= 0.6 is 11.8 Å². The van der Waals surface area contributed by atoms with Gasteiger partial charge in [-0.3, -0.25) is 9.59 Å². The van der Waals surface area contributed by atoms with Gasteiger partial charge >= 0.3 is 0 Å². The Morgan fingerprint density at radius 3 is 3.20 bits per heavy atom. The van der Waals surface area contributed by atoms with Crippen molar-refractivity contribution in [2.45, 2.75) is 0 Å². The fraction of sp³-hybridized carbons (Fsp3) is 0.556. The molecular weight excluding hydrogens is 216 g/mol. The largest absolute Gasteiger partial charge is 0.383 e.